The van der Waals surface area contributed by atoms with Gasteiger partial charge in [-0.3, -0.25) is 14.6 Å². The van der Waals surface area contributed by atoms with Crippen LogP contribution in [0.15, 0.2) is 18.3 Å². The Hall–Kier alpha value is -1.91. The minimum Gasteiger partial charge on any atom is -0.481 e. The molecule has 5 nitrogen and oxygen atoms in total. The number of likely N-dealkylation sites (N-methyl/N-ethyl adjacent to an activating group) is 1. The Morgan fingerprint density at radius 3 is 2.67 bits per heavy atom. The number of aromatic nitrogens is 1. The van der Waals surface area contributed by atoms with Crippen molar-refractivity contribution < 1.29 is 14.7 Å². The molecule has 5 heteroatoms. The van der Waals surface area contributed by atoms with Crippen LogP contribution in [0.25, 0.3) is 0 Å². The second-order valence-corrected chi connectivity index (χ2v) is 4.30. The summed E-state index contributed by atoms with van der Waals surface area (Å²) in [5.41, 5.74) is 1.79. The Morgan fingerprint density at radius 2 is 2.11 bits per heavy atom. The summed E-state index contributed by atoms with van der Waals surface area (Å²) in [5.74, 6) is -0.857. The second-order valence-electron chi connectivity index (χ2n) is 4.30. The van der Waals surface area contributed by atoms with Crippen molar-refractivity contribution in [2.45, 2.75) is 26.2 Å². The van der Waals surface area contributed by atoms with Gasteiger partial charge in [-0.25, -0.2) is 0 Å². The van der Waals surface area contributed by atoms with E-state index in [0.717, 1.165) is 11.3 Å². The van der Waals surface area contributed by atoms with Crippen LogP contribution < -0.4 is 0 Å². The topological polar surface area (TPSA) is 70.5 Å². The highest BCUT2D eigenvalue weighted by Crippen LogP contribution is 2.03. The lowest BCUT2D eigenvalue weighted by Crippen LogP contribution is -2.29. The lowest BCUT2D eigenvalue weighted by Gasteiger charge is -2.16. The summed E-state index contributed by atoms with van der Waals surface area (Å²) in [7, 11) is 1.69. The standard InChI is InChI=1S/C13H18N2O3/c1-10-5-6-11(9-14-10)8-12(16)15(2)7-3-4-13(17)18/h5-6,9H,3-4,7-8H2,1-2H3,(H,17,18). The molecular weight excluding hydrogens is 232 g/mol. The number of rotatable bonds is 6. The molecule has 18 heavy (non-hydrogen) atoms. The molecule has 0 spiro atoms. The quantitative estimate of drug-likeness (QED) is 0.825. The van der Waals surface area contributed by atoms with Crippen molar-refractivity contribution >= 4 is 11.9 Å². The van der Waals surface area contributed by atoms with Gasteiger partial charge >= 0.3 is 5.97 Å². The first-order chi connectivity index (χ1) is 8.49. The third kappa shape index (κ3) is 4.95. The number of hydrogen-bond acceptors (Lipinski definition) is 3. The van der Waals surface area contributed by atoms with Gasteiger partial charge in [0.2, 0.25) is 5.91 Å². The van der Waals surface area contributed by atoms with E-state index in [4.69, 9.17) is 5.11 Å². The van der Waals surface area contributed by atoms with Crippen LogP contribution in [0.3, 0.4) is 0 Å². The van der Waals surface area contributed by atoms with Crippen LogP contribution in [-0.2, 0) is 16.0 Å². The summed E-state index contributed by atoms with van der Waals surface area (Å²) in [5, 5.41) is 8.51. The number of carbonyl (C=O) groups excluding carboxylic acids is 1. The zero-order chi connectivity index (χ0) is 13.5. The largest absolute Gasteiger partial charge is 0.481 e. The number of nitrogens with zero attached hydrogens (tertiary/aromatic N) is 2. The fraction of sp³-hybridized carbons (Fsp3) is 0.462. The Balaban J connectivity index is 2.39. The van der Waals surface area contributed by atoms with Gasteiger partial charge in [0.25, 0.3) is 0 Å². The van der Waals surface area contributed by atoms with Crippen molar-refractivity contribution in [3.8, 4) is 0 Å². The highest BCUT2D eigenvalue weighted by atomic mass is 16.4. The first kappa shape index (κ1) is 14.2. The third-order valence-corrected chi connectivity index (χ3v) is 2.64. The van der Waals surface area contributed by atoms with Crippen LogP contribution in [0.4, 0.5) is 0 Å². The smallest absolute Gasteiger partial charge is 0.303 e. The molecule has 0 fully saturated rings. The highest BCUT2D eigenvalue weighted by molar-refractivity contribution is 5.78. The summed E-state index contributed by atoms with van der Waals surface area (Å²) in [4.78, 5) is 27.9. The maximum Gasteiger partial charge on any atom is 0.303 e. The normalized spacial score (nSPS) is 10.1. The molecule has 0 atom stereocenters. The molecular formula is C13H18N2O3. The molecule has 0 aromatic carbocycles. The van der Waals surface area contributed by atoms with Crippen LogP contribution in [0.2, 0.25) is 0 Å². The number of pyridine rings is 1. The summed E-state index contributed by atoms with van der Waals surface area (Å²) < 4.78 is 0. The number of carboxylic acid groups (broad SMARTS) is 1. The van der Waals surface area contributed by atoms with Crippen molar-refractivity contribution in [2.75, 3.05) is 13.6 Å². The number of carboxylic acids is 1. The number of hydrogen-bond donors (Lipinski definition) is 1. The van der Waals surface area contributed by atoms with Crippen LogP contribution >= 0.6 is 0 Å². The number of aliphatic carboxylic acids is 1. The van der Waals surface area contributed by atoms with Gasteiger partial charge in [-0.1, -0.05) is 6.07 Å². The van der Waals surface area contributed by atoms with Crippen molar-refractivity contribution in [1.29, 1.82) is 0 Å². The van der Waals surface area contributed by atoms with Crippen LogP contribution in [0.1, 0.15) is 24.1 Å². The van der Waals surface area contributed by atoms with E-state index in [2.05, 4.69) is 4.98 Å². The zero-order valence-electron chi connectivity index (χ0n) is 10.7. The molecule has 1 N–H and O–H groups in total. The molecule has 0 radical (unpaired) electrons. The van der Waals surface area contributed by atoms with Crippen LogP contribution in [0.5, 0.6) is 0 Å². The average Bonchev–Trinajstić information content (AvgIpc) is 2.31. The summed E-state index contributed by atoms with van der Waals surface area (Å²) in [6, 6.07) is 3.75. The predicted molar refractivity (Wildman–Crippen MR) is 67.2 cm³/mol. The Kier molecular flexibility index (Phi) is 5.30. The summed E-state index contributed by atoms with van der Waals surface area (Å²) in [6.07, 6.45) is 2.56. The fourth-order valence-electron chi connectivity index (χ4n) is 1.50. The minimum absolute atomic E-state index is 0.0222. The molecule has 98 valence electrons. The SMILES string of the molecule is Cc1ccc(CC(=O)N(C)CCCC(=O)O)cn1. The Bertz CT molecular complexity index is 415. The average molecular weight is 250 g/mol. The van der Waals surface area contributed by atoms with Crippen molar-refractivity contribution in [1.82, 2.24) is 9.88 Å². The highest BCUT2D eigenvalue weighted by Gasteiger charge is 2.10. The van der Waals surface area contributed by atoms with E-state index >= 15 is 0 Å². The van der Waals surface area contributed by atoms with Crippen molar-refractivity contribution in [3.63, 3.8) is 0 Å². The number of aryl methyl sites for hydroxylation is 1. The van der Waals surface area contributed by atoms with E-state index in [1.807, 2.05) is 19.1 Å². The molecule has 0 aliphatic heterocycles. The van der Waals surface area contributed by atoms with Crippen molar-refractivity contribution in [3.05, 3.63) is 29.6 Å². The molecule has 0 unspecified atom stereocenters. The van der Waals surface area contributed by atoms with Crippen molar-refractivity contribution in [2.24, 2.45) is 0 Å². The minimum atomic E-state index is -0.835. The lowest BCUT2D eigenvalue weighted by molar-refractivity contribution is -0.138. The van der Waals surface area contributed by atoms with E-state index in [9.17, 15) is 9.59 Å². The van der Waals surface area contributed by atoms with Gasteiger partial charge in [-0.2, -0.15) is 0 Å². The first-order valence-corrected chi connectivity index (χ1v) is 5.86. The van der Waals surface area contributed by atoms with Gasteiger partial charge < -0.3 is 10.0 Å². The molecule has 1 heterocycles. The number of amides is 1. The summed E-state index contributed by atoms with van der Waals surface area (Å²) >= 11 is 0. The van der Waals surface area contributed by atoms with Crippen LogP contribution in [0, 0.1) is 6.92 Å². The Morgan fingerprint density at radius 1 is 1.39 bits per heavy atom. The molecule has 1 aromatic heterocycles. The second kappa shape index (κ2) is 6.74. The third-order valence-electron chi connectivity index (χ3n) is 2.64. The van der Waals surface area contributed by atoms with E-state index < -0.39 is 5.97 Å². The first-order valence-electron chi connectivity index (χ1n) is 5.86. The molecule has 0 aliphatic rings. The summed E-state index contributed by atoms with van der Waals surface area (Å²) in [6.45, 7) is 2.36. The van der Waals surface area contributed by atoms with E-state index in [0.29, 0.717) is 19.4 Å². The predicted octanol–water partition coefficient (Wildman–Crippen LogP) is 1.26. The molecule has 0 saturated heterocycles. The Labute approximate surface area is 106 Å². The van der Waals surface area contributed by atoms with E-state index in [1.165, 1.54) is 0 Å². The zero-order valence-corrected chi connectivity index (χ0v) is 10.7. The molecule has 1 amide bonds. The maximum atomic E-state index is 11.8. The molecule has 0 aliphatic carbocycles. The van der Waals surface area contributed by atoms with E-state index in [-0.39, 0.29) is 12.3 Å². The monoisotopic (exact) mass is 250 g/mol. The van der Waals surface area contributed by atoms with E-state index in [1.54, 1.807) is 18.1 Å². The lowest BCUT2D eigenvalue weighted by atomic mass is 10.2. The maximum absolute atomic E-state index is 11.8. The molecule has 0 saturated carbocycles. The fourth-order valence-corrected chi connectivity index (χ4v) is 1.50. The van der Waals surface area contributed by atoms with Gasteiger partial charge in [0, 0.05) is 31.9 Å². The molecule has 1 aromatic rings. The molecule has 0 bridgehead atoms. The van der Waals surface area contributed by atoms with Gasteiger partial charge in [-0.15, -0.1) is 0 Å². The number of carbonyl (C=O) groups is 2. The molecule has 1 rings (SSSR count). The van der Waals surface area contributed by atoms with Gasteiger partial charge in [0.15, 0.2) is 0 Å². The van der Waals surface area contributed by atoms with Gasteiger partial charge in [0.1, 0.15) is 0 Å². The van der Waals surface area contributed by atoms with Gasteiger partial charge in [0.05, 0.1) is 6.42 Å². The van der Waals surface area contributed by atoms with Crippen LogP contribution in [-0.4, -0.2) is 40.5 Å². The van der Waals surface area contributed by atoms with Gasteiger partial charge in [-0.05, 0) is 25.0 Å².